The smallest absolute Gasteiger partial charge is 0.261 e. The predicted molar refractivity (Wildman–Crippen MR) is 75.8 cm³/mol. The SMILES string of the molecule is CC(O)(CNC(=O)C1Cc2cccc(F)c2O1)c1ccco1. The fraction of sp³-hybridized carbons (Fsp3) is 0.312. The van der Waals surface area contributed by atoms with E-state index >= 15 is 0 Å². The molecule has 1 aliphatic rings. The van der Waals surface area contributed by atoms with Crippen LogP contribution >= 0.6 is 0 Å². The molecule has 1 aliphatic heterocycles. The fourth-order valence-corrected chi connectivity index (χ4v) is 2.42. The van der Waals surface area contributed by atoms with Crippen LogP contribution in [0.1, 0.15) is 18.2 Å². The molecule has 2 heterocycles. The molecule has 0 saturated heterocycles. The number of carbonyl (C=O) groups is 1. The van der Waals surface area contributed by atoms with Crippen LogP contribution in [0.4, 0.5) is 4.39 Å². The summed E-state index contributed by atoms with van der Waals surface area (Å²) in [7, 11) is 0. The van der Waals surface area contributed by atoms with E-state index in [1.165, 1.54) is 19.3 Å². The van der Waals surface area contributed by atoms with E-state index in [1.807, 2.05) is 0 Å². The molecular formula is C16H16FNO4. The molecule has 116 valence electrons. The maximum Gasteiger partial charge on any atom is 0.261 e. The molecule has 22 heavy (non-hydrogen) atoms. The lowest BCUT2D eigenvalue weighted by Gasteiger charge is -2.22. The average Bonchev–Trinajstić information content (AvgIpc) is 3.14. The Kier molecular flexibility index (Phi) is 3.62. The lowest BCUT2D eigenvalue weighted by atomic mass is 10.0. The average molecular weight is 305 g/mol. The number of nitrogens with one attached hydrogen (secondary N) is 1. The highest BCUT2D eigenvalue weighted by atomic mass is 19.1. The summed E-state index contributed by atoms with van der Waals surface area (Å²) in [6.45, 7) is 1.51. The number of hydrogen-bond acceptors (Lipinski definition) is 4. The zero-order valence-corrected chi connectivity index (χ0v) is 12.0. The molecule has 1 aromatic heterocycles. The summed E-state index contributed by atoms with van der Waals surface area (Å²) < 4.78 is 24.1. The van der Waals surface area contributed by atoms with E-state index in [9.17, 15) is 14.3 Å². The van der Waals surface area contributed by atoms with E-state index in [0.29, 0.717) is 17.7 Å². The summed E-state index contributed by atoms with van der Waals surface area (Å²) in [5.41, 5.74) is -0.659. The summed E-state index contributed by atoms with van der Waals surface area (Å²) in [6.07, 6.45) is 0.965. The van der Waals surface area contributed by atoms with Crippen LogP contribution < -0.4 is 10.1 Å². The van der Waals surface area contributed by atoms with Gasteiger partial charge in [0.25, 0.3) is 5.91 Å². The van der Waals surface area contributed by atoms with Crippen molar-refractivity contribution in [3.05, 3.63) is 53.7 Å². The zero-order chi connectivity index (χ0) is 15.7. The maximum absolute atomic E-state index is 13.6. The van der Waals surface area contributed by atoms with Gasteiger partial charge in [-0.1, -0.05) is 12.1 Å². The van der Waals surface area contributed by atoms with Crippen molar-refractivity contribution in [1.29, 1.82) is 0 Å². The van der Waals surface area contributed by atoms with Crippen molar-refractivity contribution in [2.45, 2.75) is 25.0 Å². The minimum absolute atomic E-state index is 0.0297. The molecule has 2 N–H and O–H groups in total. The van der Waals surface area contributed by atoms with Crippen LogP contribution in [0.5, 0.6) is 5.75 Å². The topological polar surface area (TPSA) is 71.7 Å². The Balaban J connectivity index is 1.61. The number of para-hydroxylation sites is 1. The fourth-order valence-electron chi connectivity index (χ4n) is 2.42. The van der Waals surface area contributed by atoms with E-state index in [4.69, 9.17) is 9.15 Å². The molecule has 0 radical (unpaired) electrons. The molecule has 1 aromatic carbocycles. The van der Waals surface area contributed by atoms with Crippen molar-refractivity contribution < 1.29 is 23.4 Å². The quantitative estimate of drug-likeness (QED) is 0.902. The first kappa shape index (κ1) is 14.6. The van der Waals surface area contributed by atoms with Crippen LogP contribution in [0.25, 0.3) is 0 Å². The standard InChI is InChI=1S/C16H16FNO4/c1-16(20,13-6-3-7-21-13)9-18-15(19)12-8-10-4-2-5-11(17)14(10)22-12/h2-7,12,20H,8-9H2,1H3,(H,18,19). The van der Waals surface area contributed by atoms with Gasteiger partial charge in [-0.3, -0.25) is 4.79 Å². The molecule has 0 fully saturated rings. The van der Waals surface area contributed by atoms with Gasteiger partial charge in [0.15, 0.2) is 17.7 Å². The van der Waals surface area contributed by atoms with Crippen molar-refractivity contribution in [3.8, 4) is 5.75 Å². The van der Waals surface area contributed by atoms with Gasteiger partial charge in [0.1, 0.15) is 11.4 Å². The molecule has 5 nitrogen and oxygen atoms in total. The Morgan fingerprint density at radius 2 is 2.27 bits per heavy atom. The van der Waals surface area contributed by atoms with Crippen molar-refractivity contribution in [1.82, 2.24) is 5.32 Å². The molecular weight excluding hydrogens is 289 g/mol. The predicted octanol–water partition coefficient (Wildman–Crippen LogP) is 1.75. The molecule has 0 saturated carbocycles. The third-order valence-electron chi connectivity index (χ3n) is 3.67. The van der Waals surface area contributed by atoms with Gasteiger partial charge in [0, 0.05) is 12.0 Å². The molecule has 0 spiro atoms. The molecule has 1 amide bonds. The lowest BCUT2D eigenvalue weighted by molar-refractivity contribution is -0.128. The molecule has 2 unspecified atom stereocenters. The Morgan fingerprint density at radius 3 is 2.95 bits per heavy atom. The highest BCUT2D eigenvalue weighted by Crippen LogP contribution is 2.31. The van der Waals surface area contributed by atoms with Gasteiger partial charge in [-0.25, -0.2) is 4.39 Å². The van der Waals surface area contributed by atoms with Gasteiger partial charge in [0.05, 0.1) is 12.8 Å². The van der Waals surface area contributed by atoms with Crippen LogP contribution in [0.2, 0.25) is 0 Å². The van der Waals surface area contributed by atoms with Crippen molar-refractivity contribution in [2.24, 2.45) is 0 Å². The number of carbonyl (C=O) groups excluding carboxylic acids is 1. The normalized spacial score (nSPS) is 19.1. The second-order valence-corrected chi connectivity index (χ2v) is 5.51. The Morgan fingerprint density at radius 1 is 1.45 bits per heavy atom. The first-order valence-electron chi connectivity index (χ1n) is 6.95. The second-order valence-electron chi connectivity index (χ2n) is 5.51. The maximum atomic E-state index is 13.6. The van der Waals surface area contributed by atoms with Crippen molar-refractivity contribution >= 4 is 5.91 Å². The lowest BCUT2D eigenvalue weighted by Crippen LogP contribution is -2.44. The number of aliphatic hydroxyl groups is 1. The summed E-state index contributed by atoms with van der Waals surface area (Å²) in [4.78, 5) is 12.1. The van der Waals surface area contributed by atoms with E-state index < -0.39 is 23.4 Å². The van der Waals surface area contributed by atoms with Crippen LogP contribution in [0.3, 0.4) is 0 Å². The van der Waals surface area contributed by atoms with E-state index in [1.54, 1.807) is 24.3 Å². The highest BCUT2D eigenvalue weighted by molar-refractivity contribution is 5.82. The Hall–Kier alpha value is -2.34. The third-order valence-corrected chi connectivity index (χ3v) is 3.67. The van der Waals surface area contributed by atoms with Crippen molar-refractivity contribution in [3.63, 3.8) is 0 Å². The summed E-state index contributed by atoms with van der Waals surface area (Å²) in [5, 5.41) is 12.9. The molecule has 0 bridgehead atoms. The van der Waals surface area contributed by atoms with E-state index in [0.717, 1.165) is 0 Å². The minimum Gasteiger partial charge on any atom is -0.477 e. The number of halogens is 1. The highest BCUT2D eigenvalue weighted by Gasteiger charge is 2.33. The number of furan rings is 1. The van der Waals surface area contributed by atoms with Gasteiger partial charge in [-0.05, 0) is 25.1 Å². The molecule has 3 rings (SSSR count). The van der Waals surface area contributed by atoms with Crippen LogP contribution in [0, 0.1) is 5.82 Å². The Labute approximate surface area is 126 Å². The summed E-state index contributed by atoms with van der Waals surface area (Å²) in [5.74, 6) is -0.396. The van der Waals surface area contributed by atoms with Gasteiger partial charge in [-0.2, -0.15) is 0 Å². The molecule has 6 heteroatoms. The van der Waals surface area contributed by atoms with Crippen LogP contribution in [-0.2, 0) is 16.8 Å². The number of rotatable bonds is 4. The number of fused-ring (bicyclic) bond motifs is 1. The number of ether oxygens (including phenoxy) is 1. The second kappa shape index (κ2) is 5.46. The molecule has 2 atom stereocenters. The first-order chi connectivity index (χ1) is 10.5. The van der Waals surface area contributed by atoms with E-state index in [-0.39, 0.29) is 12.3 Å². The summed E-state index contributed by atoms with van der Waals surface area (Å²) >= 11 is 0. The number of benzene rings is 1. The molecule has 2 aromatic rings. The van der Waals surface area contributed by atoms with Gasteiger partial charge in [-0.15, -0.1) is 0 Å². The number of hydrogen-bond donors (Lipinski definition) is 2. The first-order valence-corrected chi connectivity index (χ1v) is 6.95. The van der Waals surface area contributed by atoms with Gasteiger partial charge < -0.3 is 19.6 Å². The van der Waals surface area contributed by atoms with Crippen molar-refractivity contribution in [2.75, 3.05) is 6.54 Å². The minimum atomic E-state index is -1.32. The Bertz CT molecular complexity index is 681. The largest absolute Gasteiger partial charge is 0.477 e. The monoisotopic (exact) mass is 305 g/mol. The van der Waals surface area contributed by atoms with Gasteiger partial charge in [0.2, 0.25) is 0 Å². The summed E-state index contributed by atoms with van der Waals surface area (Å²) in [6, 6.07) is 7.89. The van der Waals surface area contributed by atoms with Gasteiger partial charge >= 0.3 is 0 Å². The van der Waals surface area contributed by atoms with Crippen LogP contribution in [-0.4, -0.2) is 23.7 Å². The van der Waals surface area contributed by atoms with E-state index in [2.05, 4.69) is 5.32 Å². The van der Waals surface area contributed by atoms with Crippen LogP contribution in [0.15, 0.2) is 41.0 Å². The third kappa shape index (κ3) is 2.69. The molecule has 0 aliphatic carbocycles. The zero-order valence-electron chi connectivity index (χ0n) is 12.0. The number of amides is 1.